The topological polar surface area (TPSA) is 38.5 Å². The largest absolute Gasteiger partial charge is 0.376 e. The van der Waals surface area contributed by atoms with Gasteiger partial charge in [0.25, 0.3) is 0 Å². The number of hydrogen-bond donors (Lipinski definition) is 1. The molecule has 1 atom stereocenters. The molecule has 2 N–H and O–H groups in total. The zero-order valence-corrected chi connectivity index (χ0v) is 8.95. The van der Waals surface area contributed by atoms with Crippen molar-refractivity contribution in [3.05, 3.63) is 0 Å². The van der Waals surface area contributed by atoms with E-state index in [2.05, 4.69) is 4.90 Å². The third-order valence-corrected chi connectivity index (χ3v) is 3.45. The first kappa shape index (κ1) is 10.4. The maximum atomic E-state index is 5.66. The van der Waals surface area contributed by atoms with Crippen molar-refractivity contribution in [2.24, 2.45) is 11.7 Å². The Bertz CT molecular complexity index is 169. The van der Waals surface area contributed by atoms with Crippen molar-refractivity contribution in [2.45, 2.75) is 31.8 Å². The van der Waals surface area contributed by atoms with E-state index >= 15 is 0 Å². The molecular formula is C11H22N2O. The summed E-state index contributed by atoms with van der Waals surface area (Å²) in [6.45, 7) is 5.18. The van der Waals surface area contributed by atoms with Gasteiger partial charge in [0, 0.05) is 19.6 Å². The lowest BCUT2D eigenvalue weighted by atomic mass is 9.85. The van der Waals surface area contributed by atoms with Crippen molar-refractivity contribution in [1.29, 1.82) is 0 Å². The SMILES string of the molecule is NCCC1CN(CC2CCC2)CCO1. The van der Waals surface area contributed by atoms with Gasteiger partial charge >= 0.3 is 0 Å². The quantitative estimate of drug-likeness (QED) is 0.727. The number of morpholine rings is 1. The number of nitrogens with zero attached hydrogens (tertiary/aromatic N) is 1. The van der Waals surface area contributed by atoms with E-state index in [4.69, 9.17) is 10.5 Å². The lowest BCUT2D eigenvalue weighted by molar-refractivity contribution is -0.0385. The molecule has 14 heavy (non-hydrogen) atoms. The Morgan fingerprint density at radius 1 is 1.36 bits per heavy atom. The van der Waals surface area contributed by atoms with Crippen molar-refractivity contribution >= 4 is 0 Å². The summed E-state index contributed by atoms with van der Waals surface area (Å²) in [5.41, 5.74) is 5.54. The Morgan fingerprint density at radius 2 is 2.21 bits per heavy atom. The highest BCUT2D eigenvalue weighted by molar-refractivity contribution is 4.78. The molecule has 0 bridgehead atoms. The van der Waals surface area contributed by atoms with Gasteiger partial charge in [-0.2, -0.15) is 0 Å². The van der Waals surface area contributed by atoms with Gasteiger partial charge in [-0.15, -0.1) is 0 Å². The Hall–Kier alpha value is -0.120. The van der Waals surface area contributed by atoms with E-state index in [1.54, 1.807) is 0 Å². The molecule has 2 aliphatic rings. The van der Waals surface area contributed by atoms with Crippen LogP contribution in [0.4, 0.5) is 0 Å². The van der Waals surface area contributed by atoms with Crippen LogP contribution in [0.15, 0.2) is 0 Å². The number of nitrogens with two attached hydrogens (primary N) is 1. The second kappa shape index (κ2) is 5.10. The summed E-state index contributed by atoms with van der Waals surface area (Å²) in [5, 5.41) is 0. The first-order valence-electron chi connectivity index (χ1n) is 5.92. The van der Waals surface area contributed by atoms with Gasteiger partial charge in [0.1, 0.15) is 0 Å². The summed E-state index contributed by atoms with van der Waals surface area (Å²) in [5.74, 6) is 0.978. The van der Waals surface area contributed by atoms with Crippen molar-refractivity contribution in [3.8, 4) is 0 Å². The van der Waals surface area contributed by atoms with Gasteiger partial charge in [0.15, 0.2) is 0 Å². The summed E-state index contributed by atoms with van der Waals surface area (Å²) >= 11 is 0. The third-order valence-electron chi connectivity index (χ3n) is 3.45. The standard InChI is InChI=1S/C11H22N2O/c12-5-4-11-9-13(6-7-14-11)8-10-2-1-3-10/h10-11H,1-9,12H2. The van der Waals surface area contributed by atoms with Crippen LogP contribution in [0.2, 0.25) is 0 Å². The number of rotatable bonds is 4. The highest BCUT2D eigenvalue weighted by Gasteiger charge is 2.25. The molecule has 1 unspecified atom stereocenters. The predicted octanol–water partition coefficient (Wildman–Crippen LogP) is 0.836. The summed E-state index contributed by atoms with van der Waals surface area (Å²) in [7, 11) is 0. The number of hydrogen-bond acceptors (Lipinski definition) is 3. The smallest absolute Gasteiger partial charge is 0.0714 e. The summed E-state index contributed by atoms with van der Waals surface area (Å²) in [4.78, 5) is 2.56. The van der Waals surface area contributed by atoms with Crippen LogP contribution < -0.4 is 5.73 Å². The highest BCUT2D eigenvalue weighted by Crippen LogP contribution is 2.27. The van der Waals surface area contributed by atoms with Crippen LogP contribution in [0.3, 0.4) is 0 Å². The van der Waals surface area contributed by atoms with E-state index < -0.39 is 0 Å². The van der Waals surface area contributed by atoms with E-state index in [9.17, 15) is 0 Å². The minimum atomic E-state index is 0.397. The van der Waals surface area contributed by atoms with E-state index in [0.717, 1.165) is 38.6 Å². The minimum absolute atomic E-state index is 0.397. The molecule has 2 fully saturated rings. The van der Waals surface area contributed by atoms with E-state index in [0.29, 0.717) is 6.10 Å². The van der Waals surface area contributed by atoms with Gasteiger partial charge in [0.2, 0.25) is 0 Å². The maximum absolute atomic E-state index is 5.66. The highest BCUT2D eigenvalue weighted by atomic mass is 16.5. The Balaban J connectivity index is 1.69. The molecular weight excluding hydrogens is 176 g/mol. The second-order valence-corrected chi connectivity index (χ2v) is 4.63. The lowest BCUT2D eigenvalue weighted by Crippen LogP contribution is -2.45. The lowest BCUT2D eigenvalue weighted by Gasteiger charge is -2.37. The van der Waals surface area contributed by atoms with Crippen molar-refractivity contribution < 1.29 is 4.74 Å². The fourth-order valence-corrected chi connectivity index (χ4v) is 2.35. The fourth-order valence-electron chi connectivity index (χ4n) is 2.35. The van der Waals surface area contributed by atoms with Gasteiger partial charge < -0.3 is 10.5 Å². The molecule has 1 saturated carbocycles. The molecule has 0 aromatic heterocycles. The molecule has 1 saturated heterocycles. The van der Waals surface area contributed by atoms with Crippen LogP contribution in [0.25, 0.3) is 0 Å². The summed E-state index contributed by atoms with van der Waals surface area (Å²) < 4.78 is 5.66. The average Bonchev–Trinajstić information content (AvgIpc) is 2.13. The number of ether oxygens (including phenoxy) is 1. The first-order chi connectivity index (χ1) is 6.88. The molecule has 1 aliphatic carbocycles. The van der Waals surface area contributed by atoms with E-state index in [1.165, 1.54) is 25.8 Å². The molecule has 1 heterocycles. The van der Waals surface area contributed by atoms with Gasteiger partial charge in [-0.25, -0.2) is 0 Å². The molecule has 0 amide bonds. The van der Waals surface area contributed by atoms with E-state index in [-0.39, 0.29) is 0 Å². The maximum Gasteiger partial charge on any atom is 0.0714 e. The average molecular weight is 198 g/mol. The van der Waals surface area contributed by atoms with Gasteiger partial charge in [-0.05, 0) is 31.7 Å². The van der Waals surface area contributed by atoms with Gasteiger partial charge in [-0.3, -0.25) is 4.90 Å². The predicted molar refractivity (Wildman–Crippen MR) is 57.2 cm³/mol. The van der Waals surface area contributed by atoms with Crippen molar-refractivity contribution in [1.82, 2.24) is 4.90 Å². The van der Waals surface area contributed by atoms with Crippen LogP contribution in [-0.4, -0.2) is 43.8 Å². The molecule has 0 spiro atoms. The van der Waals surface area contributed by atoms with Crippen LogP contribution in [0.5, 0.6) is 0 Å². The zero-order valence-electron chi connectivity index (χ0n) is 8.95. The van der Waals surface area contributed by atoms with Crippen LogP contribution in [-0.2, 0) is 4.74 Å². The summed E-state index contributed by atoms with van der Waals surface area (Å²) in [6.07, 6.45) is 5.74. The van der Waals surface area contributed by atoms with Gasteiger partial charge in [-0.1, -0.05) is 6.42 Å². The van der Waals surface area contributed by atoms with Crippen LogP contribution in [0.1, 0.15) is 25.7 Å². The van der Waals surface area contributed by atoms with E-state index in [1.807, 2.05) is 0 Å². The van der Waals surface area contributed by atoms with Gasteiger partial charge in [0.05, 0.1) is 12.7 Å². The Morgan fingerprint density at radius 3 is 2.86 bits per heavy atom. The van der Waals surface area contributed by atoms with Crippen molar-refractivity contribution in [3.63, 3.8) is 0 Å². The second-order valence-electron chi connectivity index (χ2n) is 4.63. The molecule has 0 aromatic carbocycles. The molecule has 1 aliphatic heterocycles. The van der Waals surface area contributed by atoms with Crippen LogP contribution in [0, 0.1) is 5.92 Å². The molecule has 3 nitrogen and oxygen atoms in total. The molecule has 3 heteroatoms. The normalized spacial score (nSPS) is 30.2. The monoisotopic (exact) mass is 198 g/mol. The zero-order chi connectivity index (χ0) is 9.80. The minimum Gasteiger partial charge on any atom is -0.376 e. The summed E-state index contributed by atoms with van der Waals surface area (Å²) in [6, 6.07) is 0. The Labute approximate surface area is 86.6 Å². The van der Waals surface area contributed by atoms with Crippen LogP contribution >= 0.6 is 0 Å². The van der Waals surface area contributed by atoms with Crippen molar-refractivity contribution in [2.75, 3.05) is 32.8 Å². The third kappa shape index (κ3) is 2.69. The molecule has 0 radical (unpaired) electrons. The fraction of sp³-hybridized carbons (Fsp3) is 1.00. The molecule has 82 valence electrons. The Kier molecular flexibility index (Phi) is 3.79. The molecule has 0 aromatic rings. The first-order valence-corrected chi connectivity index (χ1v) is 5.92. The molecule has 2 rings (SSSR count).